The second-order valence-electron chi connectivity index (χ2n) is 4.53. The van der Waals surface area contributed by atoms with Gasteiger partial charge in [0.1, 0.15) is 6.54 Å². The Labute approximate surface area is 103 Å². The minimum atomic E-state index is -0.602. The van der Waals surface area contributed by atoms with Crippen molar-refractivity contribution in [1.82, 2.24) is 19.6 Å². The Morgan fingerprint density at radius 1 is 1.44 bits per heavy atom. The Hall–Kier alpha value is -2.18. The molecule has 2 N–H and O–H groups in total. The first-order chi connectivity index (χ1) is 8.40. The predicted octanol–water partition coefficient (Wildman–Crippen LogP) is -0.261. The third-order valence-corrected chi connectivity index (χ3v) is 2.62. The molecule has 0 atom stereocenters. The molecule has 0 spiro atoms. The zero-order valence-corrected chi connectivity index (χ0v) is 10.5. The van der Waals surface area contributed by atoms with E-state index in [2.05, 4.69) is 10.2 Å². The summed E-state index contributed by atoms with van der Waals surface area (Å²) in [6, 6.07) is 0. The molecular weight excluding hydrogens is 234 g/mol. The molecule has 2 aromatic rings. The monoisotopic (exact) mass is 249 g/mol. The van der Waals surface area contributed by atoms with Gasteiger partial charge in [-0.3, -0.25) is 14.3 Å². The number of hydrogen-bond donors (Lipinski definition) is 1. The van der Waals surface area contributed by atoms with Crippen molar-refractivity contribution >= 4 is 16.8 Å². The first kappa shape index (κ1) is 12.3. The number of nitrogens with zero attached hydrogens (tertiary/aromatic N) is 4. The van der Waals surface area contributed by atoms with Crippen LogP contribution in [0.3, 0.4) is 0 Å². The lowest BCUT2D eigenvalue weighted by Crippen LogP contribution is -2.31. The number of carbonyl (C=O) groups excluding carboxylic acids is 1. The fourth-order valence-electron chi connectivity index (χ4n) is 1.87. The van der Waals surface area contributed by atoms with Gasteiger partial charge in [0.25, 0.3) is 5.56 Å². The fourth-order valence-corrected chi connectivity index (χ4v) is 1.87. The molecule has 1 amide bonds. The Morgan fingerprint density at radius 3 is 2.67 bits per heavy atom. The molecule has 7 heteroatoms. The van der Waals surface area contributed by atoms with Crippen LogP contribution in [0, 0.1) is 0 Å². The molecule has 18 heavy (non-hydrogen) atoms. The summed E-state index contributed by atoms with van der Waals surface area (Å²) >= 11 is 0. The summed E-state index contributed by atoms with van der Waals surface area (Å²) in [5.74, 6) is -0.481. The first-order valence-corrected chi connectivity index (χ1v) is 5.62. The number of aromatic nitrogens is 4. The number of aryl methyl sites for hydroxylation is 1. The molecular formula is C11H15N5O2. The maximum atomic E-state index is 12.1. The van der Waals surface area contributed by atoms with E-state index in [9.17, 15) is 9.59 Å². The summed E-state index contributed by atoms with van der Waals surface area (Å²) in [5.41, 5.74) is 5.76. The Morgan fingerprint density at radius 2 is 2.11 bits per heavy atom. The SMILES string of the molecule is CC(C)c1nn(CC(N)=O)c(=O)c2nn(C)cc12. The number of carbonyl (C=O) groups is 1. The average Bonchev–Trinajstić information content (AvgIpc) is 2.63. The average molecular weight is 249 g/mol. The van der Waals surface area contributed by atoms with Crippen molar-refractivity contribution in [3.63, 3.8) is 0 Å². The molecule has 0 unspecified atom stereocenters. The van der Waals surface area contributed by atoms with Crippen LogP contribution in [0.5, 0.6) is 0 Å². The van der Waals surface area contributed by atoms with Crippen LogP contribution >= 0.6 is 0 Å². The van der Waals surface area contributed by atoms with Crippen molar-refractivity contribution in [3.05, 3.63) is 22.2 Å². The molecule has 0 fully saturated rings. The third kappa shape index (κ3) is 1.99. The molecule has 7 nitrogen and oxygen atoms in total. The number of fused-ring (bicyclic) bond motifs is 1. The van der Waals surface area contributed by atoms with E-state index >= 15 is 0 Å². The van der Waals surface area contributed by atoms with Gasteiger partial charge in [0.15, 0.2) is 5.52 Å². The first-order valence-electron chi connectivity index (χ1n) is 5.62. The van der Waals surface area contributed by atoms with Crippen LogP contribution in [0.1, 0.15) is 25.5 Å². The van der Waals surface area contributed by atoms with Gasteiger partial charge in [-0.05, 0) is 5.92 Å². The van der Waals surface area contributed by atoms with Gasteiger partial charge in [0.05, 0.1) is 5.69 Å². The van der Waals surface area contributed by atoms with Crippen molar-refractivity contribution in [1.29, 1.82) is 0 Å². The summed E-state index contributed by atoms with van der Waals surface area (Å²) in [4.78, 5) is 23.0. The maximum absolute atomic E-state index is 12.1. The van der Waals surface area contributed by atoms with Crippen LogP contribution in [0.25, 0.3) is 10.9 Å². The molecule has 2 heterocycles. The second kappa shape index (κ2) is 4.25. The van der Waals surface area contributed by atoms with Gasteiger partial charge in [-0.15, -0.1) is 0 Å². The van der Waals surface area contributed by atoms with Crippen molar-refractivity contribution in [2.24, 2.45) is 12.8 Å². The molecule has 0 saturated carbocycles. The summed E-state index contributed by atoms with van der Waals surface area (Å²) in [5, 5.41) is 9.04. The largest absolute Gasteiger partial charge is 0.368 e. The summed E-state index contributed by atoms with van der Waals surface area (Å²) in [6.45, 7) is 3.70. The van der Waals surface area contributed by atoms with Crippen LogP contribution in [0.15, 0.2) is 11.0 Å². The normalized spacial score (nSPS) is 11.3. The molecule has 2 rings (SSSR count). The van der Waals surface area contributed by atoms with Gasteiger partial charge in [0.2, 0.25) is 5.91 Å². The van der Waals surface area contributed by atoms with Crippen molar-refractivity contribution in [2.45, 2.75) is 26.3 Å². The molecule has 0 aromatic carbocycles. The van der Waals surface area contributed by atoms with Crippen LogP contribution in [0.2, 0.25) is 0 Å². The lowest BCUT2D eigenvalue weighted by molar-refractivity contribution is -0.118. The molecule has 0 aliphatic carbocycles. The van der Waals surface area contributed by atoms with Crippen molar-refractivity contribution < 1.29 is 4.79 Å². The standard InChI is InChI=1S/C11H15N5O2/c1-6(2)9-7-4-15(3)13-10(7)11(18)16(14-9)5-8(12)17/h4,6H,5H2,1-3H3,(H2,12,17). The van der Waals surface area contributed by atoms with Gasteiger partial charge in [-0.25, -0.2) is 4.68 Å². The van der Waals surface area contributed by atoms with E-state index in [-0.39, 0.29) is 12.5 Å². The number of primary amides is 1. The number of hydrogen-bond acceptors (Lipinski definition) is 4. The quantitative estimate of drug-likeness (QED) is 0.810. The minimum Gasteiger partial charge on any atom is -0.368 e. The molecule has 96 valence electrons. The lowest BCUT2D eigenvalue weighted by Gasteiger charge is -2.08. The molecule has 0 aliphatic rings. The number of nitrogens with two attached hydrogens (primary N) is 1. The smallest absolute Gasteiger partial charge is 0.295 e. The van der Waals surface area contributed by atoms with E-state index < -0.39 is 11.5 Å². The Bertz CT molecular complexity index is 668. The second-order valence-corrected chi connectivity index (χ2v) is 4.53. The number of amides is 1. The zero-order valence-electron chi connectivity index (χ0n) is 10.5. The summed E-state index contributed by atoms with van der Waals surface area (Å²) in [7, 11) is 1.74. The van der Waals surface area contributed by atoms with Gasteiger partial charge < -0.3 is 5.73 Å². The highest BCUT2D eigenvalue weighted by molar-refractivity contribution is 5.80. The van der Waals surface area contributed by atoms with E-state index in [1.165, 1.54) is 0 Å². The summed E-state index contributed by atoms with van der Waals surface area (Å²) in [6.07, 6.45) is 1.76. The van der Waals surface area contributed by atoms with Crippen LogP contribution in [-0.4, -0.2) is 25.5 Å². The molecule has 0 aliphatic heterocycles. The molecule has 2 aromatic heterocycles. The van der Waals surface area contributed by atoms with Gasteiger partial charge in [-0.2, -0.15) is 10.2 Å². The Kier molecular flexibility index (Phi) is 2.90. The molecule has 0 bridgehead atoms. The van der Waals surface area contributed by atoms with E-state index in [0.29, 0.717) is 5.52 Å². The highest BCUT2D eigenvalue weighted by Gasteiger charge is 2.16. The lowest BCUT2D eigenvalue weighted by atomic mass is 10.1. The highest BCUT2D eigenvalue weighted by Crippen LogP contribution is 2.19. The fraction of sp³-hybridized carbons (Fsp3) is 0.455. The third-order valence-electron chi connectivity index (χ3n) is 2.62. The van der Waals surface area contributed by atoms with Crippen molar-refractivity contribution in [2.75, 3.05) is 0 Å². The van der Waals surface area contributed by atoms with Gasteiger partial charge in [0, 0.05) is 18.6 Å². The highest BCUT2D eigenvalue weighted by atomic mass is 16.2. The molecule has 0 radical (unpaired) electrons. The van der Waals surface area contributed by atoms with E-state index in [1.54, 1.807) is 17.9 Å². The van der Waals surface area contributed by atoms with Gasteiger partial charge in [-0.1, -0.05) is 13.8 Å². The minimum absolute atomic E-state index is 0.122. The maximum Gasteiger partial charge on any atom is 0.295 e. The predicted molar refractivity (Wildman–Crippen MR) is 66.1 cm³/mol. The molecule has 0 saturated heterocycles. The van der Waals surface area contributed by atoms with E-state index in [1.807, 2.05) is 13.8 Å². The number of rotatable bonds is 3. The topological polar surface area (TPSA) is 95.8 Å². The van der Waals surface area contributed by atoms with Crippen LogP contribution in [-0.2, 0) is 18.4 Å². The van der Waals surface area contributed by atoms with Crippen LogP contribution < -0.4 is 11.3 Å². The van der Waals surface area contributed by atoms with E-state index in [4.69, 9.17) is 5.73 Å². The zero-order chi connectivity index (χ0) is 13.4. The van der Waals surface area contributed by atoms with E-state index in [0.717, 1.165) is 15.8 Å². The Balaban J connectivity index is 2.78. The van der Waals surface area contributed by atoms with Crippen LogP contribution in [0.4, 0.5) is 0 Å². The summed E-state index contributed by atoms with van der Waals surface area (Å²) < 4.78 is 2.64. The van der Waals surface area contributed by atoms with Gasteiger partial charge >= 0.3 is 0 Å². The van der Waals surface area contributed by atoms with Crippen molar-refractivity contribution in [3.8, 4) is 0 Å².